The second-order valence-electron chi connectivity index (χ2n) is 2.27. The lowest BCUT2D eigenvalue weighted by Crippen LogP contribution is -2.00. The highest BCUT2D eigenvalue weighted by atomic mass is 16.9. The Morgan fingerprint density at radius 2 is 2.00 bits per heavy atom. The number of hydrogen-bond donors (Lipinski definition) is 1. The first-order chi connectivity index (χ1) is 5.63. The maximum absolute atomic E-state index is 10.5. The van der Waals surface area contributed by atoms with Crippen molar-refractivity contribution in [1.29, 1.82) is 0 Å². The molecule has 1 fully saturated rings. The molecule has 0 spiro atoms. The van der Waals surface area contributed by atoms with Crippen LogP contribution in [0.15, 0.2) is 0 Å². The molecule has 0 aromatic rings. The Labute approximate surface area is 69.2 Å². The average molecular weight is 177 g/mol. The summed E-state index contributed by atoms with van der Waals surface area (Å²) < 4.78 is 4.76. The van der Waals surface area contributed by atoms with E-state index in [1.807, 2.05) is 0 Å². The van der Waals surface area contributed by atoms with Crippen LogP contribution in [-0.4, -0.2) is 22.9 Å². The fourth-order valence-corrected chi connectivity index (χ4v) is 0.806. The highest BCUT2D eigenvalue weighted by molar-refractivity contribution is 5.69. The second-order valence-corrected chi connectivity index (χ2v) is 2.27. The molecule has 1 saturated heterocycles. The van der Waals surface area contributed by atoms with Crippen molar-refractivity contribution in [2.75, 3.05) is 6.61 Å². The molecular weight excluding hydrogens is 166 g/mol. The molecule has 6 heteroatoms. The minimum atomic E-state index is -1.50. The molecule has 12 heavy (non-hydrogen) atoms. The fourth-order valence-electron chi connectivity index (χ4n) is 0.806. The SMILES string of the molecule is O=C1CCCCCO1.O=[N+]([O-])O. The van der Waals surface area contributed by atoms with Gasteiger partial charge < -0.3 is 9.94 Å². The van der Waals surface area contributed by atoms with E-state index in [1.54, 1.807) is 0 Å². The molecule has 0 radical (unpaired) electrons. The Bertz CT molecular complexity index is 144. The fraction of sp³-hybridized carbons (Fsp3) is 0.833. The number of carbonyl (C=O) groups excluding carboxylic acids is 1. The molecule has 0 unspecified atom stereocenters. The molecule has 1 N–H and O–H groups in total. The van der Waals surface area contributed by atoms with Crippen molar-refractivity contribution < 1.29 is 19.8 Å². The third kappa shape index (κ3) is 8.67. The number of cyclic esters (lactones) is 1. The van der Waals surface area contributed by atoms with E-state index >= 15 is 0 Å². The summed E-state index contributed by atoms with van der Waals surface area (Å²) in [5.41, 5.74) is 0. The van der Waals surface area contributed by atoms with Gasteiger partial charge in [0.25, 0.3) is 5.09 Å². The Kier molecular flexibility index (Phi) is 5.68. The monoisotopic (exact) mass is 177 g/mol. The lowest BCUT2D eigenvalue weighted by atomic mass is 10.2. The van der Waals surface area contributed by atoms with Gasteiger partial charge >= 0.3 is 5.97 Å². The van der Waals surface area contributed by atoms with Gasteiger partial charge in [0.05, 0.1) is 6.61 Å². The maximum Gasteiger partial charge on any atom is 0.305 e. The van der Waals surface area contributed by atoms with Crippen molar-refractivity contribution in [2.24, 2.45) is 0 Å². The zero-order valence-electron chi connectivity index (χ0n) is 6.56. The summed E-state index contributed by atoms with van der Waals surface area (Å²) in [7, 11) is 0. The predicted octanol–water partition coefficient (Wildman–Crippen LogP) is 0.756. The number of nitrogens with zero attached hydrogens (tertiary/aromatic N) is 1. The van der Waals surface area contributed by atoms with Gasteiger partial charge in [0, 0.05) is 6.42 Å². The Hall–Kier alpha value is -1.33. The molecule has 1 aliphatic rings. The average Bonchev–Trinajstić information content (AvgIpc) is 2.14. The summed E-state index contributed by atoms with van der Waals surface area (Å²) in [6, 6.07) is 0. The lowest BCUT2D eigenvalue weighted by molar-refractivity contribution is -0.742. The van der Waals surface area contributed by atoms with E-state index in [1.165, 1.54) is 0 Å². The van der Waals surface area contributed by atoms with E-state index < -0.39 is 5.09 Å². The van der Waals surface area contributed by atoms with Crippen molar-refractivity contribution in [3.63, 3.8) is 0 Å². The standard InChI is InChI=1S/C6H10O2.HNO3/c7-6-4-2-1-3-5-8-6;2-1(3)4/h1-5H2;(H,2,3,4). The van der Waals surface area contributed by atoms with Gasteiger partial charge in [0.15, 0.2) is 0 Å². The molecular formula is C6H11NO5. The summed E-state index contributed by atoms with van der Waals surface area (Å²) in [5.74, 6) is -0.0255. The highest BCUT2D eigenvalue weighted by Crippen LogP contribution is 2.06. The van der Waals surface area contributed by atoms with Crippen LogP contribution >= 0.6 is 0 Å². The van der Waals surface area contributed by atoms with Crippen LogP contribution in [0, 0.1) is 10.1 Å². The van der Waals surface area contributed by atoms with Crippen LogP contribution in [-0.2, 0) is 9.53 Å². The van der Waals surface area contributed by atoms with Crippen molar-refractivity contribution >= 4 is 5.97 Å². The molecule has 1 rings (SSSR count). The third-order valence-electron chi connectivity index (χ3n) is 1.29. The summed E-state index contributed by atoms with van der Waals surface area (Å²) in [6.07, 6.45) is 3.83. The molecule has 6 nitrogen and oxygen atoms in total. The van der Waals surface area contributed by atoms with E-state index in [-0.39, 0.29) is 5.97 Å². The highest BCUT2D eigenvalue weighted by Gasteiger charge is 2.05. The molecule has 0 saturated carbocycles. The summed E-state index contributed by atoms with van der Waals surface area (Å²) >= 11 is 0. The number of rotatable bonds is 0. The van der Waals surface area contributed by atoms with Gasteiger partial charge in [-0.25, -0.2) is 0 Å². The Balaban J connectivity index is 0.000000261. The quantitative estimate of drug-likeness (QED) is 0.335. The van der Waals surface area contributed by atoms with Crippen molar-refractivity contribution in [3.05, 3.63) is 10.1 Å². The van der Waals surface area contributed by atoms with E-state index in [0.29, 0.717) is 13.0 Å². The number of carbonyl (C=O) groups is 1. The zero-order chi connectivity index (χ0) is 9.40. The molecule has 0 atom stereocenters. The summed E-state index contributed by atoms with van der Waals surface area (Å²) in [4.78, 5) is 18.8. The van der Waals surface area contributed by atoms with Crippen LogP contribution in [0.1, 0.15) is 25.7 Å². The van der Waals surface area contributed by atoms with Gasteiger partial charge in [0.1, 0.15) is 0 Å². The Morgan fingerprint density at radius 3 is 2.58 bits per heavy atom. The van der Waals surface area contributed by atoms with E-state index in [0.717, 1.165) is 19.3 Å². The molecule has 1 heterocycles. The molecule has 0 amide bonds. The summed E-state index contributed by atoms with van der Waals surface area (Å²) in [5, 5.41) is 13.6. The molecule has 0 aromatic heterocycles. The van der Waals surface area contributed by atoms with E-state index in [9.17, 15) is 4.79 Å². The first-order valence-electron chi connectivity index (χ1n) is 3.62. The number of esters is 1. The van der Waals surface area contributed by atoms with Gasteiger partial charge in [-0.3, -0.25) is 4.79 Å². The number of ether oxygens (including phenoxy) is 1. The van der Waals surface area contributed by atoms with E-state index in [2.05, 4.69) is 0 Å². The van der Waals surface area contributed by atoms with Crippen LogP contribution < -0.4 is 0 Å². The third-order valence-corrected chi connectivity index (χ3v) is 1.29. The maximum atomic E-state index is 10.5. The first kappa shape index (κ1) is 10.7. The molecule has 0 bridgehead atoms. The van der Waals surface area contributed by atoms with Crippen LogP contribution in [0.2, 0.25) is 0 Å². The minimum Gasteiger partial charge on any atom is -0.466 e. The van der Waals surface area contributed by atoms with E-state index in [4.69, 9.17) is 20.1 Å². The van der Waals surface area contributed by atoms with Gasteiger partial charge in [-0.2, -0.15) is 0 Å². The smallest absolute Gasteiger partial charge is 0.305 e. The van der Waals surface area contributed by atoms with Gasteiger partial charge in [-0.1, -0.05) is 0 Å². The predicted molar refractivity (Wildman–Crippen MR) is 38.2 cm³/mol. The molecule has 0 aliphatic carbocycles. The van der Waals surface area contributed by atoms with Crippen LogP contribution in [0.3, 0.4) is 0 Å². The molecule has 0 aromatic carbocycles. The zero-order valence-corrected chi connectivity index (χ0v) is 6.56. The first-order valence-corrected chi connectivity index (χ1v) is 3.62. The van der Waals surface area contributed by atoms with Gasteiger partial charge in [-0.05, 0) is 19.3 Å². The topological polar surface area (TPSA) is 89.7 Å². The Morgan fingerprint density at radius 1 is 1.42 bits per heavy atom. The van der Waals surface area contributed by atoms with Crippen molar-refractivity contribution in [1.82, 2.24) is 0 Å². The van der Waals surface area contributed by atoms with Gasteiger partial charge in [-0.15, -0.1) is 10.1 Å². The van der Waals surface area contributed by atoms with Crippen LogP contribution in [0.25, 0.3) is 0 Å². The normalized spacial score (nSPS) is 16.5. The van der Waals surface area contributed by atoms with Crippen LogP contribution in [0.4, 0.5) is 0 Å². The second kappa shape index (κ2) is 6.38. The van der Waals surface area contributed by atoms with Crippen molar-refractivity contribution in [2.45, 2.75) is 25.7 Å². The van der Waals surface area contributed by atoms with Crippen molar-refractivity contribution in [3.8, 4) is 0 Å². The number of hydrogen-bond acceptors (Lipinski definition) is 4. The summed E-state index contributed by atoms with van der Waals surface area (Å²) in [6.45, 7) is 0.638. The minimum absolute atomic E-state index is 0.0255. The molecule has 1 aliphatic heterocycles. The van der Waals surface area contributed by atoms with Gasteiger partial charge in [0.2, 0.25) is 0 Å². The lowest BCUT2D eigenvalue weighted by Gasteiger charge is -1.93. The molecule has 70 valence electrons. The largest absolute Gasteiger partial charge is 0.466 e. The van der Waals surface area contributed by atoms with Crippen LogP contribution in [0.5, 0.6) is 0 Å².